The molecular weight excluding hydrogens is 246 g/mol. The van der Waals surface area contributed by atoms with Gasteiger partial charge in [-0.1, -0.05) is 0 Å². The summed E-state index contributed by atoms with van der Waals surface area (Å²) in [7, 11) is 0. The summed E-state index contributed by atoms with van der Waals surface area (Å²) in [5.41, 5.74) is 0.325. The molecule has 0 saturated heterocycles. The van der Waals surface area contributed by atoms with Gasteiger partial charge in [0.1, 0.15) is 0 Å². The summed E-state index contributed by atoms with van der Waals surface area (Å²) in [5.74, 6) is -0.397. The van der Waals surface area contributed by atoms with Gasteiger partial charge in [-0.05, 0) is 6.92 Å². The van der Waals surface area contributed by atoms with Gasteiger partial charge in [-0.3, -0.25) is 0 Å². The lowest BCUT2D eigenvalue weighted by Gasteiger charge is -1.97. The average Bonchev–Trinajstić information content (AvgIpc) is 2.90. The number of hydrogen-bond acceptors (Lipinski definition) is 7. The van der Waals surface area contributed by atoms with E-state index in [4.69, 9.17) is 4.74 Å². The Bertz CT molecular complexity index is 467. The van der Waals surface area contributed by atoms with Crippen LogP contribution < -0.4 is 5.32 Å². The fraction of sp³-hybridized carbons (Fsp3) is 0.222. The molecule has 0 aliphatic rings. The lowest BCUT2D eigenvalue weighted by molar-refractivity contribution is 0.0520. The summed E-state index contributed by atoms with van der Waals surface area (Å²) in [4.78, 5) is 19.5. The molecule has 0 aromatic carbocycles. The van der Waals surface area contributed by atoms with Gasteiger partial charge in [0.25, 0.3) is 0 Å². The molecule has 84 valence electrons. The Kier molecular flexibility index (Phi) is 3.47. The molecule has 0 spiro atoms. The number of esters is 1. The van der Waals surface area contributed by atoms with E-state index in [9.17, 15) is 4.79 Å². The number of nitrogens with zero attached hydrogens (tertiary/aromatic N) is 2. The first-order chi connectivity index (χ1) is 7.79. The van der Waals surface area contributed by atoms with Crippen LogP contribution >= 0.6 is 22.7 Å². The fourth-order valence-corrected chi connectivity index (χ4v) is 2.28. The number of anilines is 2. The molecular formula is C9H9N3O2S2. The largest absolute Gasteiger partial charge is 0.461 e. The minimum atomic E-state index is -0.397. The van der Waals surface area contributed by atoms with Gasteiger partial charge >= 0.3 is 5.97 Å². The maximum absolute atomic E-state index is 11.3. The van der Waals surface area contributed by atoms with Gasteiger partial charge in [-0.15, -0.1) is 22.7 Å². The highest BCUT2D eigenvalue weighted by Crippen LogP contribution is 2.22. The van der Waals surface area contributed by atoms with Gasteiger partial charge in [0.05, 0.1) is 6.61 Å². The van der Waals surface area contributed by atoms with Gasteiger partial charge in [0.2, 0.25) is 0 Å². The molecule has 7 heteroatoms. The number of carbonyl (C=O) groups is 1. The van der Waals surface area contributed by atoms with Gasteiger partial charge in [0.15, 0.2) is 16.0 Å². The average molecular weight is 255 g/mol. The van der Waals surface area contributed by atoms with Crippen LogP contribution in [0.2, 0.25) is 0 Å². The first-order valence-electron chi connectivity index (χ1n) is 4.58. The third kappa shape index (κ3) is 2.56. The maximum atomic E-state index is 11.3. The summed E-state index contributed by atoms with van der Waals surface area (Å²) in [5, 5.41) is 7.92. The predicted molar refractivity (Wildman–Crippen MR) is 63.5 cm³/mol. The lowest BCUT2D eigenvalue weighted by Crippen LogP contribution is -2.04. The second-order valence-electron chi connectivity index (χ2n) is 2.72. The molecule has 5 nitrogen and oxygen atoms in total. The second-order valence-corrected chi connectivity index (χ2v) is 4.47. The number of hydrogen-bond donors (Lipinski definition) is 1. The van der Waals surface area contributed by atoms with Crippen molar-refractivity contribution in [3.63, 3.8) is 0 Å². The summed E-state index contributed by atoms with van der Waals surface area (Å²) >= 11 is 2.82. The van der Waals surface area contributed by atoms with E-state index in [2.05, 4.69) is 15.3 Å². The van der Waals surface area contributed by atoms with Crippen molar-refractivity contribution in [3.05, 3.63) is 22.7 Å². The molecule has 0 saturated carbocycles. The topological polar surface area (TPSA) is 64.1 Å². The number of nitrogens with one attached hydrogen (secondary N) is 1. The summed E-state index contributed by atoms with van der Waals surface area (Å²) in [6, 6.07) is 0. The molecule has 0 atom stereocenters. The van der Waals surface area contributed by atoms with Crippen LogP contribution in [0, 0.1) is 0 Å². The second kappa shape index (κ2) is 5.04. The van der Waals surface area contributed by atoms with Gasteiger partial charge in [-0.25, -0.2) is 14.8 Å². The molecule has 2 rings (SSSR count). The molecule has 0 aliphatic heterocycles. The van der Waals surface area contributed by atoms with Gasteiger partial charge in [-0.2, -0.15) is 0 Å². The van der Waals surface area contributed by atoms with Crippen molar-refractivity contribution >= 4 is 38.9 Å². The van der Waals surface area contributed by atoms with E-state index in [0.717, 1.165) is 5.13 Å². The van der Waals surface area contributed by atoms with Crippen LogP contribution in [-0.2, 0) is 4.74 Å². The maximum Gasteiger partial charge on any atom is 0.357 e. The van der Waals surface area contributed by atoms with Crippen molar-refractivity contribution < 1.29 is 9.53 Å². The number of carbonyl (C=O) groups excluding carboxylic acids is 1. The molecule has 0 amide bonds. The van der Waals surface area contributed by atoms with Gasteiger partial charge < -0.3 is 10.1 Å². The Hall–Kier alpha value is -1.47. The lowest BCUT2D eigenvalue weighted by atomic mass is 10.5. The van der Waals surface area contributed by atoms with Crippen LogP contribution in [0.3, 0.4) is 0 Å². The Labute approximate surface area is 100 Å². The standard InChI is InChI=1S/C9H9N3O2S2/c1-2-14-7(13)6-5-16-9(11-6)12-8-10-3-4-15-8/h3-5H,2H2,1H3,(H,10,11,12). The molecule has 16 heavy (non-hydrogen) atoms. The van der Waals surface area contributed by atoms with Crippen LogP contribution in [-0.4, -0.2) is 22.5 Å². The summed E-state index contributed by atoms with van der Waals surface area (Å²) in [6.45, 7) is 2.12. The van der Waals surface area contributed by atoms with E-state index in [1.54, 1.807) is 18.5 Å². The molecule has 2 aromatic heterocycles. The Morgan fingerprint density at radius 3 is 3.06 bits per heavy atom. The van der Waals surface area contributed by atoms with E-state index >= 15 is 0 Å². The summed E-state index contributed by atoms with van der Waals surface area (Å²) < 4.78 is 4.84. The molecule has 1 N–H and O–H groups in total. The van der Waals surface area contributed by atoms with Crippen molar-refractivity contribution in [1.29, 1.82) is 0 Å². The van der Waals surface area contributed by atoms with Crippen LogP contribution in [0.1, 0.15) is 17.4 Å². The minimum Gasteiger partial charge on any atom is -0.461 e. The molecule has 0 unspecified atom stereocenters. The van der Waals surface area contributed by atoms with E-state index in [1.807, 2.05) is 5.38 Å². The Morgan fingerprint density at radius 2 is 2.38 bits per heavy atom. The molecule has 0 aliphatic carbocycles. The third-order valence-electron chi connectivity index (χ3n) is 1.63. The van der Waals surface area contributed by atoms with E-state index in [-0.39, 0.29) is 0 Å². The normalized spacial score (nSPS) is 10.1. The number of aromatic nitrogens is 2. The van der Waals surface area contributed by atoms with Crippen LogP contribution in [0.25, 0.3) is 0 Å². The van der Waals surface area contributed by atoms with Gasteiger partial charge in [0, 0.05) is 17.0 Å². The van der Waals surface area contributed by atoms with Crippen molar-refractivity contribution in [2.75, 3.05) is 11.9 Å². The Balaban J connectivity index is 2.05. The van der Waals surface area contributed by atoms with Crippen molar-refractivity contribution in [2.45, 2.75) is 6.92 Å². The first-order valence-corrected chi connectivity index (χ1v) is 6.34. The quantitative estimate of drug-likeness (QED) is 0.850. The molecule has 0 bridgehead atoms. The molecule has 2 aromatic rings. The molecule has 0 fully saturated rings. The van der Waals surface area contributed by atoms with Crippen LogP contribution in [0.15, 0.2) is 17.0 Å². The zero-order valence-corrected chi connectivity index (χ0v) is 10.1. The SMILES string of the molecule is CCOC(=O)c1csc(Nc2nccs2)n1. The zero-order valence-electron chi connectivity index (χ0n) is 8.47. The summed E-state index contributed by atoms with van der Waals surface area (Å²) in [6.07, 6.45) is 1.70. The van der Waals surface area contributed by atoms with E-state index in [1.165, 1.54) is 22.7 Å². The van der Waals surface area contributed by atoms with E-state index in [0.29, 0.717) is 17.4 Å². The number of rotatable bonds is 4. The minimum absolute atomic E-state index is 0.325. The molecule has 0 radical (unpaired) electrons. The smallest absolute Gasteiger partial charge is 0.357 e. The zero-order chi connectivity index (χ0) is 11.4. The monoisotopic (exact) mass is 255 g/mol. The van der Waals surface area contributed by atoms with Crippen molar-refractivity contribution in [3.8, 4) is 0 Å². The molecule has 2 heterocycles. The number of thiazole rings is 2. The Morgan fingerprint density at radius 1 is 1.50 bits per heavy atom. The van der Waals surface area contributed by atoms with Crippen molar-refractivity contribution in [1.82, 2.24) is 9.97 Å². The first kappa shape index (κ1) is 11.0. The highest BCUT2D eigenvalue weighted by atomic mass is 32.1. The third-order valence-corrected chi connectivity index (χ3v) is 3.08. The highest BCUT2D eigenvalue weighted by Gasteiger charge is 2.11. The van der Waals surface area contributed by atoms with Crippen LogP contribution in [0.5, 0.6) is 0 Å². The van der Waals surface area contributed by atoms with Crippen LogP contribution in [0.4, 0.5) is 10.3 Å². The number of ether oxygens (including phenoxy) is 1. The van der Waals surface area contributed by atoms with E-state index < -0.39 is 5.97 Å². The predicted octanol–water partition coefficient (Wildman–Crippen LogP) is 2.52. The highest BCUT2D eigenvalue weighted by molar-refractivity contribution is 7.16. The van der Waals surface area contributed by atoms with Crippen molar-refractivity contribution in [2.24, 2.45) is 0 Å². The fourth-order valence-electron chi connectivity index (χ4n) is 1.01.